The number of fused-ring (bicyclic) bond motifs is 1. The van der Waals surface area contributed by atoms with Gasteiger partial charge in [-0.25, -0.2) is 4.98 Å². The van der Waals surface area contributed by atoms with Crippen molar-refractivity contribution in [1.82, 2.24) is 15.3 Å². The maximum Gasteiger partial charge on any atom is 0.267 e. The monoisotopic (exact) mass is 440 g/mol. The number of primary amides is 1. The van der Waals surface area contributed by atoms with Gasteiger partial charge < -0.3 is 30.7 Å². The van der Waals surface area contributed by atoms with E-state index < -0.39 is 5.91 Å². The van der Waals surface area contributed by atoms with Crippen LogP contribution in [0.25, 0.3) is 0 Å². The molecule has 4 rings (SSSR count). The number of rotatable bonds is 10. The summed E-state index contributed by atoms with van der Waals surface area (Å²) in [5, 5.41) is 7.04. The Labute approximate surface area is 188 Å². The summed E-state index contributed by atoms with van der Waals surface area (Å²) in [5.41, 5.74) is 9.54. The molecule has 3 heterocycles. The van der Waals surface area contributed by atoms with Gasteiger partial charge in [-0.2, -0.15) is 4.98 Å². The van der Waals surface area contributed by atoms with Crippen LogP contribution in [-0.4, -0.2) is 68.5 Å². The SMILES string of the molecule is COCCN(C)c1nc(NC2COC2)c(CCC2Cc3ccccc3CN2)c(C(N)=O)n1. The zero-order chi connectivity index (χ0) is 22.5. The van der Waals surface area contributed by atoms with Gasteiger partial charge in [0, 0.05) is 38.9 Å². The molecule has 172 valence electrons. The van der Waals surface area contributed by atoms with Crippen molar-refractivity contribution in [2.45, 2.75) is 37.9 Å². The summed E-state index contributed by atoms with van der Waals surface area (Å²) < 4.78 is 10.5. The number of hydrogen-bond acceptors (Lipinski definition) is 8. The quantitative estimate of drug-likeness (QED) is 0.504. The Morgan fingerprint density at radius 2 is 2.09 bits per heavy atom. The first-order chi connectivity index (χ1) is 15.5. The third-order valence-corrected chi connectivity index (χ3v) is 6.09. The Balaban J connectivity index is 1.56. The van der Waals surface area contributed by atoms with E-state index in [2.05, 4.69) is 39.9 Å². The fraction of sp³-hybridized carbons (Fsp3) is 0.522. The molecule has 0 aliphatic carbocycles. The molecule has 1 fully saturated rings. The van der Waals surface area contributed by atoms with Crippen LogP contribution in [0.5, 0.6) is 0 Å². The fourth-order valence-corrected chi connectivity index (χ4v) is 4.09. The van der Waals surface area contributed by atoms with Crippen LogP contribution in [0.4, 0.5) is 11.8 Å². The Morgan fingerprint density at radius 1 is 1.31 bits per heavy atom. The minimum Gasteiger partial charge on any atom is -0.383 e. The van der Waals surface area contributed by atoms with Gasteiger partial charge in [0.05, 0.1) is 25.9 Å². The molecule has 9 heteroatoms. The lowest BCUT2D eigenvalue weighted by molar-refractivity contribution is 0.0209. The number of hydrogen-bond donors (Lipinski definition) is 3. The number of nitrogens with one attached hydrogen (secondary N) is 2. The van der Waals surface area contributed by atoms with E-state index in [9.17, 15) is 4.79 Å². The van der Waals surface area contributed by atoms with Crippen molar-refractivity contribution in [3.8, 4) is 0 Å². The molecular formula is C23H32N6O3. The van der Waals surface area contributed by atoms with Crippen molar-refractivity contribution in [3.05, 3.63) is 46.6 Å². The third kappa shape index (κ3) is 5.17. The van der Waals surface area contributed by atoms with Gasteiger partial charge in [-0.05, 0) is 30.4 Å². The van der Waals surface area contributed by atoms with Crippen LogP contribution in [-0.2, 0) is 28.9 Å². The number of carbonyl (C=O) groups is 1. The summed E-state index contributed by atoms with van der Waals surface area (Å²) in [6.45, 7) is 3.22. The van der Waals surface area contributed by atoms with Crippen LogP contribution in [0.3, 0.4) is 0 Å². The zero-order valence-electron chi connectivity index (χ0n) is 18.8. The minimum atomic E-state index is -0.543. The molecular weight excluding hydrogens is 408 g/mol. The third-order valence-electron chi connectivity index (χ3n) is 6.09. The Kier molecular flexibility index (Phi) is 7.19. The number of amides is 1. The van der Waals surface area contributed by atoms with Crippen LogP contribution >= 0.6 is 0 Å². The fourth-order valence-electron chi connectivity index (χ4n) is 4.09. The molecule has 0 bridgehead atoms. The highest BCUT2D eigenvalue weighted by Gasteiger charge is 2.26. The number of methoxy groups -OCH3 is 1. The van der Waals surface area contributed by atoms with E-state index in [0.717, 1.165) is 24.9 Å². The van der Waals surface area contributed by atoms with Crippen molar-refractivity contribution >= 4 is 17.7 Å². The Hall–Kier alpha value is -2.75. The second kappa shape index (κ2) is 10.2. The molecule has 1 unspecified atom stereocenters. The van der Waals surface area contributed by atoms with Crippen LogP contribution in [0.2, 0.25) is 0 Å². The predicted octanol–water partition coefficient (Wildman–Crippen LogP) is 1.12. The van der Waals surface area contributed by atoms with Gasteiger partial charge in [-0.3, -0.25) is 4.79 Å². The van der Waals surface area contributed by atoms with E-state index in [-0.39, 0.29) is 11.7 Å². The van der Waals surface area contributed by atoms with E-state index in [0.29, 0.717) is 50.6 Å². The van der Waals surface area contributed by atoms with Gasteiger partial charge in [0.2, 0.25) is 5.95 Å². The maximum atomic E-state index is 12.4. The lowest BCUT2D eigenvalue weighted by Crippen LogP contribution is -2.41. The minimum absolute atomic E-state index is 0.168. The average Bonchev–Trinajstić information content (AvgIpc) is 2.78. The largest absolute Gasteiger partial charge is 0.383 e. The summed E-state index contributed by atoms with van der Waals surface area (Å²) in [5.74, 6) is 0.572. The Morgan fingerprint density at radius 3 is 2.78 bits per heavy atom. The lowest BCUT2D eigenvalue weighted by atomic mass is 9.92. The van der Waals surface area contributed by atoms with Crippen molar-refractivity contribution in [3.63, 3.8) is 0 Å². The topological polar surface area (TPSA) is 115 Å². The van der Waals surface area contributed by atoms with Gasteiger partial charge in [0.15, 0.2) is 0 Å². The first-order valence-corrected chi connectivity index (χ1v) is 11.1. The first-order valence-electron chi connectivity index (χ1n) is 11.1. The number of nitrogens with zero attached hydrogens (tertiary/aromatic N) is 3. The number of nitrogens with two attached hydrogens (primary N) is 1. The highest BCUT2D eigenvalue weighted by atomic mass is 16.5. The number of aromatic nitrogens is 2. The number of benzene rings is 1. The van der Waals surface area contributed by atoms with Crippen molar-refractivity contribution in [1.29, 1.82) is 0 Å². The van der Waals surface area contributed by atoms with Crippen molar-refractivity contribution in [2.75, 3.05) is 50.7 Å². The number of ether oxygens (including phenoxy) is 2. The van der Waals surface area contributed by atoms with Gasteiger partial charge in [0.1, 0.15) is 11.5 Å². The van der Waals surface area contributed by atoms with Crippen molar-refractivity contribution < 1.29 is 14.3 Å². The predicted molar refractivity (Wildman–Crippen MR) is 123 cm³/mol. The van der Waals surface area contributed by atoms with Gasteiger partial charge in [-0.1, -0.05) is 24.3 Å². The molecule has 1 saturated heterocycles. The highest BCUT2D eigenvalue weighted by molar-refractivity contribution is 5.94. The van der Waals surface area contributed by atoms with Crippen LogP contribution in [0.15, 0.2) is 24.3 Å². The number of carbonyl (C=O) groups excluding carboxylic acids is 1. The molecule has 1 aromatic carbocycles. The smallest absolute Gasteiger partial charge is 0.267 e. The number of likely N-dealkylation sites (N-methyl/N-ethyl adjacent to an activating group) is 1. The van der Waals surface area contributed by atoms with E-state index >= 15 is 0 Å². The average molecular weight is 441 g/mol. The zero-order valence-corrected chi connectivity index (χ0v) is 18.8. The molecule has 1 aromatic heterocycles. The molecule has 4 N–H and O–H groups in total. The first kappa shape index (κ1) is 22.4. The molecule has 0 saturated carbocycles. The maximum absolute atomic E-state index is 12.4. The number of anilines is 2. The van der Waals surface area contributed by atoms with E-state index in [4.69, 9.17) is 20.2 Å². The molecule has 0 radical (unpaired) electrons. The molecule has 1 amide bonds. The van der Waals surface area contributed by atoms with Crippen LogP contribution < -0.4 is 21.3 Å². The molecule has 0 spiro atoms. The molecule has 1 atom stereocenters. The lowest BCUT2D eigenvalue weighted by Gasteiger charge is -2.30. The van der Waals surface area contributed by atoms with Crippen molar-refractivity contribution in [2.24, 2.45) is 5.73 Å². The summed E-state index contributed by atoms with van der Waals surface area (Å²) in [6, 6.07) is 9.00. The van der Waals surface area contributed by atoms with Gasteiger partial charge >= 0.3 is 0 Å². The second-order valence-corrected chi connectivity index (χ2v) is 8.45. The van der Waals surface area contributed by atoms with E-state index in [1.165, 1.54) is 11.1 Å². The van der Waals surface area contributed by atoms with Crippen LogP contribution in [0, 0.1) is 0 Å². The highest BCUT2D eigenvalue weighted by Crippen LogP contribution is 2.26. The summed E-state index contributed by atoms with van der Waals surface area (Å²) in [7, 11) is 3.52. The van der Waals surface area contributed by atoms with E-state index in [1.54, 1.807) is 7.11 Å². The van der Waals surface area contributed by atoms with E-state index in [1.807, 2.05) is 11.9 Å². The normalized spacial score (nSPS) is 18.0. The van der Waals surface area contributed by atoms with Crippen LogP contribution in [0.1, 0.15) is 33.6 Å². The summed E-state index contributed by atoms with van der Waals surface area (Å²) in [4.78, 5) is 23.5. The Bertz CT molecular complexity index is 949. The standard InChI is InChI=1S/C23H32N6O3/c1-29(9-10-31-2)23-27-20(21(24)30)19(22(28-23)26-18-13-32-14-18)8-7-17-11-15-5-3-4-6-16(15)12-25-17/h3-6,17-18,25H,7-14H2,1-2H3,(H2,24,30)(H,26,27,28). The molecule has 9 nitrogen and oxygen atoms in total. The molecule has 2 aromatic rings. The second-order valence-electron chi connectivity index (χ2n) is 8.45. The molecule has 2 aliphatic heterocycles. The van der Waals surface area contributed by atoms with Gasteiger partial charge in [-0.15, -0.1) is 0 Å². The summed E-state index contributed by atoms with van der Waals surface area (Å²) >= 11 is 0. The van der Waals surface area contributed by atoms with Gasteiger partial charge in [0.25, 0.3) is 5.91 Å². The molecule has 2 aliphatic rings. The summed E-state index contributed by atoms with van der Waals surface area (Å²) in [6.07, 6.45) is 2.46. The molecule has 32 heavy (non-hydrogen) atoms.